The van der Waals surface area contributed by atoms with Crippen molar-refractivity contribution in [1.29, 1.82) is 0 Å². The molecule has 0 fully saturated rings. The van der Waals surface area contributed by atoms with Crippen LogP contribution in [-0.4, -0.2) is 35.4 Å². The van der Waals surface area contributed by atoms with Gasteiger partial charge in [-0.1, -0.05) is 21.6 Å². The van der Waals surface area contributed by atoms with E-state index >= 15 is 0 Å². The van der Waals surface area contributed by atoms with E-state index in [4.69, 9.17) is 11.5 Å². The number of quaternary nitrogens is 2. The number of carbonyl (C=O) groups excluding carboxylic acids is 2. The van der Waals surface area contributed by atoms with Crippen molar-refractivity contribution in [2.45, 2.75) is 12.1 Å². The predicted molar refractivity (Wildman–Crippen MR) is 56.7 cm³/mol. The first-order valence-electron chi connectivity index (χ1n) is 3.94. The van der Waals surface area contributed by atoms with E-state index in [0.29, 0.717) is 11.5 Å². The van der Waals surface area contributed by atoms with Crippen molar-refractivity contribution >= 4 is 33.4 Å². The largest absolute Gasteiger partial charge is 0.364 e. The van der Waals surface area contributed by atoms with E-state index < -0.39 is 23.9 Å². The summed E-state index contributed by atoms with van der Waals surface area (Å²) in [5.74, 6) is 0.232. The third-order valence-electron chi connectivity index (χ3n) is 1.43. The predicted octanol–water partition coefficient (Wildman–Crippen LogP) is -3.44. The summed E-state index contributed by atoms with van der Waals surface area (Å²) in [5.41, 5.74) is 17.2. The first kappa shape index (κ1) is 13.6. The van der Waals surface area contributed by atoms with Crippen molar-refractivity contribution < 1.29 is 21.1 Å². The molecular formula is C6H16N4O2S2+2. The Morgan fingerprint density at radius 2 is 1.29 bits per heavy atom. The Morgan fingerprint density at radius 1 is 1.00 bits per heavy atom. The van der Waals surface area contributed by atoms with Crippen LogP contribution in [0.2, 0.25) is 0 Å². The molecule has 6 nitrogen and oxygen atoms in total. The monoisotopic (exact) mass is 240 g/mol. The van der Waals surface area contributed by atoms with Gasteiger partial charge in [-0.15, -0.1) is 0 Å². The molecule has 0 rings (SSSR count). The summed E-state index contributed by atoms with van der Waals surface area (Å²) in [7, 11) is 2.88. The number of rotatable bonds is 7. The topological polar surface area (TPSA) is 141 Å². The zero-order valence-electron chi connectivity index (χ0n) is 7.77. The van der Waals surface area contributed by atoms with Crippen molar-refractivity contribution in [3.05, 3.63) is 0 Å². The second kappa shape index (κ2) is 6.93. The van der Waals surface area contributed by atoms with Crippen LogP contribution in [0.25, 0.3) is 0 Å². The average Bonchev–Trinajstić information content (AvgIpc) is 2.11. The maximum atomic E-state index is 10.6. The highest BCUT2D eigenvalue weighted by atomic mass is 33.1. The van der Waals surface area contributed by atoms with Gasteiger partial charge in [0, 0.05) is 0 Å². The highest BCUT2D eigenvalue weighted by Gasteiger charge is 2.16. The van der Waals surface area contributed by atoms with Gasteiger partial charge in [-0.3, -0.25) is 9.59 Å². The van der Waals surface area contributed by atoms with Gasteiger partial charge >= 0.3 is 0 Å². The normalized spacial score (nSPS) is 14.7. The summed E-state index contributed by atoms with van der Waals surface area (Å²) in [6, 6.07) is -0.798. The lowest BCUT2D eigenvalue weighted by Gasteiger charge is -2.04. The molecule has 0 heterocycles. The first-order valence-corrected chi connectivity index (χ1v) is 6.43. The van der Waals surface area contributed by atoms with Gasteiger partial charge in [-0.05, 0) is 0 Å². The van der Waals surface area contributed by atoms with Crippen molar-refractivity contribution in [3.8, 4) is 0 Å². The first-order chi connectivity index (χ1) is 6.45. The fourth-order valence-electron chi connectivity index (χ4n) is 0.425. The number of primary amides is 2. The molecular weight excluding hydrogens is 224 g/mol. The third kappa shape index (κ3) is 6.08. The molecule has 2 atom stereocenters. The Labute approximate surface area is 89.9 Å². The molecule has 0 aliphatic rings. The van der Waals surface area contributed by atoms with Gasteiger partial charge in [0.25, 0.3) is 11.8 Å². The average molecular weight is 240 g/mol. The third-order valence-corrected chi connectivity index (χ3v) is 3.99. The molecule has 0 aromatic carbocycles. The second-order valence-corrected chi connectivity index (χ2v) is 5.32. The fourth-order valence-corrected chi connectivity index (χ4v) is 2.84. The van der Waals surface area contributed by atoms with E-state index in [1.807, 2.05) is 0 Å². The molecule has 0 aliphatic heterocycles. The molecule has 0 aromatic heterocycles. The summed E-state index contributed by atoms with van der Waals surface area (Å²) in [5, 5.41) is 0. The van der Waals surface area contributed by atoms with Gasteiger partial charge in [-0.25, -0.2) is 0 Å². The number of carbonyl (C=O) groups is 2. The minimum absolute atomic E-state index is 0.399. The molecule has 0 saturated carbocycles. The lowest BCUT2D eigenvalue weighted by atomic mass is 10.3. The van der Waals surface area contributed by atoms with Crippen LogP contribution in [0, 0.1) is 0 Å². The van der Waals surface area contributed by atoms with E-state index in [1.165, 1.54) is 21.6 Å². The molecule has 8 heteroatoms. The summed E-state index contributed by atoms with van der Waals surface area (Å²) >= 11 is 0. The Bertz CT molecular complexity index is 192. The molecule has 14 heavy (non-hydrogen) atoms. The van der Waals surface area contributed by atoms with E-state index in [-0.39, 0.29) is 0 Å². The molecule has 0 unspecified atom stereocenters. The Kier molecular flexibility index (Phi) is 6.71. The van der Waals surface area contributed by atoms with Crippen molar-refractivity contribution in [3.63, 3.8) is 0 Å². The molecule has 10 N–H and O–H groups in total. The maximum absolute atomic E-state index is 10.6. The van der Waals surface area contributed by atoms with Gasteiger partial charge in [0.2, 0.25) is 0 Å². The Hall–Kier alpha value is -0.440. The maximum Gasteiger partial charge on any atom is 0.276 e. The SMILES string of the molecule is NC(=O)[C@@H]([NH3+])CSSC[C@H]([NH3+])C(N)=O. The van der Waals surface area contributed by atoms with E-state index in [0.717, 1.165) is 0 Å². The van der Waals surface area contributed by atoms with Gasteiger partial charge in [-0.2, -0.15) is 0 Å². The molecule has 0 saturated heterocycles. The van der Waals surface area contributed by atoms with E-state index in [1.54, 1.807) is 0 Å². The zero-order chi connectivity index (χ0) is 11.1. The van der Waals surface area contributed by atoms with Crippen LogP contribution >= 0.6 is 21.6 Å². The summed E-state index contributed by atoms with van der Waals surface area (Å²) in [6.07, 6.45) is 0. The standard InChI is InChI=1S/C6H14N4O2S2/c7-3(5(9)11)1-13-14-2-4(8)6(10)12/h3-4H,1-2,7-8H2,(H2,9,11)(H2,10,12)/p+2/t3-,4-/m0/s1. The van der Waals surface area contributed by atoms with Crippen LogP contribution in [0.4, 0.5) is 0 Å². The number of amides is 2. The minimum Gasteiger partial charge on any atom is -0.364 e. The van der Waals surface area contributed by atoms with Crippen LogP contribution in [0.5, 0.6) is 0 Å². The van der Waals surface area contributed by atoms with Gasteiger partial charge < -0.3 is 22.9 Å². The van der Waals surface area contributed by atoms with Gasteiger partial charge in [0.1, 0.15) is 0 Å². The quantitative estimate of drug-likeness (QED) is 0.271. The van der Waals surface area contributed by atoms with Crippen molar-refractivity contribution in [1.82, 2.24) is 0 Å². The van der Waals surface area contributed by atoms with Crippen LogP contribution in [0.3, 0.4) is 0 Å². The smallest absolute Gasteiger partial charge is 0.276 e. The van der Waals surface area contributed by atoms with E-state index in [9.17, 15) is 9.59 Å². The Morgan fingerprint density at radius 3 is 1.50 bits per heavy atom. The molecule has 0 radical (unpaired) electrons. The van der Waals surface area contributed by atoms with Crippen LogP contribution < -0.4 is 22.9 Å². The fraction of sp³-hybridized carbons (Fsp3) is 0.667. The lowest BCUT2D eigenvalue weighted by Crippen LogP contribution is -2.68. The number of hydrogen-bond acceptors (Lipinski definition) is 4. The molecule has 2 amide bonds. The van der Waals surface area contributed by atoms with Crippen molar-refractivity contribution in [2.75, 3.05) is 11.5 Å². The van der Waals surface area contributed by atoms with Gasteiger partial charge in [0.15, 0.2) is 12.1 Å². The molecule has 0 bridgehead atoms. The van der Waals surface area contributed by atoms with Crippen LogP contribution in [0.1, 0.15) is 0 Å². The molecule has 82 valence electrons. The summed E-state index contributed by atoms with van der Waals surface area (Å²) < 4.78 is 0. The molecule has 0 aliphatic carbocycles. The summed E-state index contributed by atoms with van der Waals surface area (Å²) in [4.78, 5) is 21.2. The lowest BCUT2D eigenvalue weighted by molar-refractivity contribution is -0.396. The van der Waals surface area contributed by atoms with Crippen LogP contribution in [0.15, 0.2) is 0 Å². The zero-order valence-corrected chi connectivity index (χ0v) is 9.40. The highest BCUT2D eigenvalue weighted by Crippen LogP contribution is 2.21. The number of hydrogen-bond donors (Lipinski definition) is 4. The highest BCUT2D eigenvalue weighted by molar-refractivity contribution is 8.76. The summed E-state index contributed by atoms with van der Waals surface area (Å²) in [6.45, 7) is 0. The molecule has 0 aromatic rings. The minimum atomic E-state index is -0.417. The number of nitrogens with two attached hydrogens (primary N) is 2. The second-order valence-electron chi connectivity index (χ2n) is 2.77. The van der Waals surface area contributed by atoms with Gasteiger partial charge in [0.05, 0.1) is 11.5 Å². The molecule has 0 spiro atoms. The van der Waals surface area contributed by atoms with Crippen molar-refractivity contribution in [2.24, 2.45) is 11.5 Å². The van der Waals surface area contributed by atoms with E-state index in [2.05, 4.69) is 11.5 Å². The van der Waals surface area contributed by atoms with Crippen LogP contribution in [-0.2, 0) is 9.59 Å². The Balaban J connectivity index is 3.47.